The van der Waals surface area contributed by atoms with E-state index in [1.807, 2.05) is 71.7 Å². The fourth-order valence-corrected chi connectivity index (χ4v) is 10.8. The van der Waals surface area contributed by atoms with Gasteiger partial charge in [-0.05, 0) is 109 Å². The zero-order valence-corrected chi connectivity index (χ0v) is 43.5. The average Bonchev–Trinajstić information content (AvgIpc) is 4.06. The van der Waals surface area contributed by atoms with Crippen LogP contribution in [0, 0.1) is 18.5 Å². The molecule has 3 aromatic heterocycles. The third-order valence-electron chi connectivity index (χ3n) is 14.4. The van der Waals surface area contributed by atoms with Crippen LogP contribution in [0.3, 0.4) is 0 Å². The average molecular weight is 1150 g/mol. The van der Waals surface area contributed by atoms with E-state index in [1.165, 1.54) is 5.56 Å². The Morgan fingerprint density at radius 2 is 1.20 bits per heavy atom. The van der Waals surface area contributed by atoms with E-state index in [9.17, 15) is 0 Å². The van der Waals surface area contributed by atoms with Crippen molar-refractivity contribution in [3.05, 3.63) is 243 Å². The summed E-state index contributed by atoms with van der Waals surface area (Å²) in [4.78, 5) is 4.98. The maximum absolute atomic E-state index is 6.69. The first-order valence-corrected chi connectivity index (χ1v) is 25.0. The van der Waals surface area contributed by atoms with Crippen LogP contribution in [0.4, 0.5) is 0 Å². The number of ether oxygens (including phenoxy) is 3. The van der Waals surface area contributed by atoms with Gasteiger partial charge in [-0.25, -0.2) is 4.98 Å². The van der Waals surface area contributed by atoms with Gasteiger partial charge in [0.25, 0.3) is 13.0 Å². The van der Waals surface area contributed by atoms with E-state index in [-0.39, 0.29) is 33.2 Å². The van der Waals surface area contributed by atoms with Crippen LogP contribution < -0.4 is 35.2 Å². The van der Waals surface area contributed by atoms with Crippen molar-refractivity contribution in [2.75, 3.05) is 0 Å². The second-order valence-corrected chi connectivity index (χ2v) is 20.0. The van der Waals surface area contributed by atoms with Gasteiger partial charge in [0.1, 0.15) is 28.8 Å². The van der Waals surface area contributed by atoms with Crippen LogP contribution in [0.2, 0.25) is 0 Å². The molecule has 0 aliphatic carbocycles. The minimum absolute atomic E-state index is 0. The molecule has 75 heavy (non-hydrogen) atoms. The van der Waals surface area contributed by atoms with Gasteiger partial charge in [-0.15, -0.1) is 29.7 Å². The summed E-state index contributed by atoms with van der Waals surface area (Å²) >= 11 is 0. The van der Waals surface area contributed by atoms with Crippen molar-refractivity contribution >= 4 is 44.9 Å². The Labute approximate surface area is 450 Å². The Kier molecular flexibility index (Phi) is 11.3. The molecule has 5 heterocycles. The minimum Gasteiger partial charge on any atom is -0.510 e. The number of nitrogens with zero attached hydrogens (tertiary/aromatic N) is 4. The van der Waals surface area contributed by atoms with Crippen molar-refractivity contribution < 1.29 is 39.8 Å². The number of pyridine rings is 1. The Morgan fingerprint density at radius 3 is 1.88 bits per heavy atom. The molecule has 9 aromatic carbocycles. The molecule has 362 valence electrons. The smallest absolute Gasteiger partial charge is 0.267 e. The van der Waals surface area contributed by atoms with Crippen molar-refractivity contribution in [3.63, 3.8) is 0 Å². The maximum atomic E-state index is 6.69. The van der Waals surface area contributed by atoms with Crippen molar-refractivity contribution in [2.45, 2.75) is 26.2 Å². The summed E-state index contributed by atoms with van der Waals surface area (Å²) in [6, 6.07) is 76.5. The Bertz CT molecular complexity index is 4050. The van der Waals surface area contributed by atoms with Crippen LogP contribution in [0.25, 0.3) is 72.4 Å². The van der Waals surface area contributed by atoms with Crippen molar-refractivity contribution in [2.24, 2.45) is 0 Å². The van der Waals surface area contributed by atoms with Gasteiger partial charge in [-0.1, -0.05) is 154 Å². The molecule has 7 nitrogen and oxygen atoms in total. The first kappa shape index (κ1) is 46.1. The third kappa shape index (κ3) is 8.05. The number of hydrogen-bond acceptors (Lipinski definition) is 4. The largest absolute Gasteiger partial charge is 0.510 e. The van der Waals surface area contributed by atoms with Gasteiger partial charge in [0.15, 0.2) is 0 Å². The number of para-hydroxylation sites is 3. The van der Waals surface area contributed by atoms with Gasteiger partial charge < -0.3 is 23.3 Å². The molecule has 0 fully saturated rings. The number of hydrogen-bond donors (Lipinski definition) is 0. The molecule has 12 aromatic rings. The molecule has 0 atom stereocenters. The number of imidazole rings is 1. The number of benzene rings is 9. The zero-order chi connectivity index (χ0) is 49.5. The summed E-state index contributed by atoms with van der Waals surface area (Å²) in [5.41, 5.74) is 14.6. The van der Waals surface area contributed by atoms with E-state index in [1.54, 1.807) is 0 Å². The van der Waals surface area contributed by atoms with E-state index >= 15 is 0 Å². The van der Waals surface area contributed by atoms with Crippen molar-refractivity contribution in [1.29, 1.82) is 0 Å². The molecule has 2 aliphatic rings. The topological polar surface area (TPSA) is 54.3 Å². The molecule has 9 heteroatoms. The summed E-state index contributed by atoms with van der Waals surface area (Å²) in [6.07, 6.45) is 9.55. The molecule has 0 spiro atoms. The Balaban J connectivity index is 0.00000541. The summed E-state index contributed by atoms with van der Waals surface area (Å²) in [5, 5.41) is 2.07. The van der Waals surface area contributed by atoms with Gasteiger partial charge in [0.2, 0.25) is 0 Å². The van der Waals surface area contributed by atoms with E-state index < -0.39 is 0 Å². The van der Waals surface area contributed by atoms with Crippen molar-refractivity contribution in [3.8, 4) is 85.1 Å². The zero-order valence-electron chi connectivity index (χ0n) is 41.2. The van der Waals surface area contributed by atoms with Crippen LogP contribution in [0.1, 0.15) is 26.3 Å². The molecule has 0 saturated heterocycles. The quantitative estimate of drug-likeness (QED) is 0.0864. The minimum atomic E-state index is -0.0920. The van der Waals surface area contributed by atoms with Gasteiger partial charge in [0, 0.05) is 62.1 Å². The van der Waals surface area contributed by atoms with Gasteiger partial charge in [0.05, 0.1) is 5.69 Å². The molecule has 0 N–H and O–H groups in total. The Morgan fingerprint density at radius 1 is 0.560 bits per heavy atom. The molecule has 0 bridgehead atoms. The molecule has 0 amide bonds. The SMILES string of the molecule is CC(C)(C)c1ccnc(-n2c3[c-]c(Oc4[c-]c(-n5[c-][n+](-c6c(-c7ccccc7)cccc6-c6ccccc6)cc5)ccc4)ccc3c3cc(-c4cc5c6c(c4)Oc4ccccc4B6c4ccccc4O5)ccc32)c1.[Pt]. The predicted molar refractivity (Wildman–Crippen MR) is 295 cm³/mol. The maximum Gasteiger partial charge on any atom is 0.267 e. The van der Waals surface area contributed by atoms with Crippen LogP contribution in [0.5, 0.6) is 34.5 Å². The molecule has 0 unspecified atom stereocenters. The van der Waals surface area contributed by atoms with Crippen LogP contribution in [0.15, 0.2) is 219 Å². The van der Waals surface area contributed by atoms with Gasteiger partial charge >= 0.3 is 0 Å². The molecule has 2 aliphatic heterocycles. The van der Waals surface area contributed by atoms with E-state index in [0.717, 1.165) is 112 Å². The predicted octanol–water partition coefficient (Wildman–Crippen LogP) is 13.5. The second-order valence-electron chi connectivity index (χ2n) is 20.0. The summed E-state index contributed by atoms with van der Waals surface area (Å²) in [6.45, 7) is 6.68. The van der Waals surface area contributed by atoms with Crippen LogP contribution in [-0.4, -0.2) is 20.8 Å². The second kappa shape index (κ2) is 18.3. The summed E-state index contributed by atoms with van der Waals surface area (Å²) in [5.74, 6) is 5.23. The fraction of sp³-hybridized carbons (Fsp3) is 0.0606. The summed E-state index contributed by atoms with van der Waals surface area (Å²) in [7, 11) is 0. The Hall–Kier alpha value is -8.71. The molecule has 14 rings (SSSR count). The molecule has 0 radical (unpaired) electrons. The number of fused-ring (bicyclic) bond motifs is 7. The van der Waals surface area contributed by atoms with E-state index in [0.29, 0.717) is 11.5 Å². The van der Waals surface area contributed by atoms with Gasteiger partial charge in [-0.2, -0.15) is 18.2 Å². The molecular weight excluding hydrogens is 1100 g/mol. The summed E-state index contributed by atoms with van der Waals surface area (Å²) < 4.78 is 26.3. The molecular formula is C66H45BN4O3Pt-2. The monoisotopic (exact) mass is 1150 g/mol. The standard InChI is InChI=1S/C66H45BN4O3.Pt/c1-66(2,3)47-32-33-68-63(39-47)71-57-31-28-45(46-37-61-64-62(38-46)74-60-27-13-11-25-56(60)67(64)55-24-10-12-26-59(55)73-61)36-54(57)53-30-29-50(41-58(53)71)72-49-21-14-20-48(40-49)69-34-35-70(42-69)65-51(43-16-6-4-7-17-43)22-15-23-52(65)44-18-8-5-9-19-44;/h4-39H,1-3H3;/q-2;. The van der Waals surface area contributed by atoms with Crippen molar-refractivity contribution in [1.82, 2.24) is 14.1 Å². The third-order valence-corrected chi connectivity index (χ3v) is 14.4. The normalized spacial score (nSPS) is 12.3. The first-order valence-electron chi connectivity index (χ1n) is 25.0. The van der Waals surface area contributed by atoms with Crippen LogP contribution in [-0.2, 0) is 26.5 Å². The fourth-order valence-electron chi connectivity index (χ4n) is 10.8. The molecule has 0 saturated carbocycles. The van der Waals surface area contributed by atoms with E-state index in [4.69, 9.17) is 19.2 Å². The van der Waals surface area contributed by atoms with Crippen LogP contribution >= 0.6 is 0 Å². The number of rotatable bonds is 8. The van der Waals surface area contributed by atoms with E-state index in [2.05, 4.69) is 200 Å². The number of aromatic nitrogens is 4. The van der Waals surface area contributed by atoms with Gasteiger partial charge in [-0.3, -0.25) is 4.57 Å². The first-order chi connectivity index (χ1) is 36.3.